The molecule has 25 heavy (non-hydrogen) atoms. The average molecular weight is 375 g/mol. The number of hydrogen-bond acceptors (Lipinski definition) is 4. The first-order valence-corrected chi connectivity index (χ1v) is 9.52. The second-order valence-electron chi connectivity index (χ2n) is 7.64. The van der Waals surface area contributed by atoms with Crippen LogP contribution in [0.25, 0.3) is 0 Å². The van der Waals surface area contributed by atoms with Crippen molar-refractivity contribution in [2.24, 2.45) is 5.73 Å². The Morgan fingerprint density at radius 1 is 1.12 bits per heavy atom. The van der Waals surface area contributed by atoms with Crippen LogP contribution in [0, 0.1) is 0 Å². The molecule has 0 bridgehead atoms. The average Bonchev–Trinajstić information content (AvgIpc) is 2.55. The number of nitrogens with two attached hydrogens (primary N) is 1. The third-order valence-electron chi connectivity index (χ3n) is 5.25. The zero-order valence-electron chi connectivity index (χ0n) is 15.8. The number of nitrogens with zero attached hydrogens (tertiary/aromatic N) is 2. The molecule has 0 aromatic heterocycles. The monoisotopic (exact) mass is 374 g/mol. The smallest absolute Gasteiger partial charge is 0.242 e. The Morgan fingerprint density at radius 2 is 1.72 bits per heavy atom. The lowest BCUT2D eigenvalue weighted by atomic mass is 9.95. The topological polar surface area (TPSA) is 78.7 Å². The first kappa shape index (κ1) is 22.2. The van der Waals surface area contributed by atoms with Crippen molar-refractivity contribution < 1.29 is 9.59 Å². The van der Waals surface area contributed by atoms with Crippen LogP contribution in [0.5, 0.6) is 0 Å². The van der Waals surface area contributed by atoms with E-state index in [9.17, 15) is 9.59 Å². The highest BCUT2D eigenvalue weighted by Gasteiger charge is 2.33. The van der Waals surface area contributed by atoms with Gasteiger partial charge in [0.25, 0.3) is 0 Å². The fourth-order valence-electron chi connectivity index (χ4n) is 3.82. The second-order valence-corrected chi connectivity index (χ2v) is 7.64. The summed E-state index contributed by atoms with van der Waals surface area (Å²) in [6.45, 7) is 7.10. The molecule has 1 heterocycles. The minimum absolute atomic E-state index is 0. The van der Waals surface area contributed by atoms with Gasteiger partial charge in [-0.2, -0.15) is 0 Å². The highest BCUT2D eigenvalue weighted by atomic mass is 35.5. The number of rotatable bonds is 6. The molecule has 1 aliphatic heterocycles. The van der Waals surface area contributed by atoms with Crippen LogP contribution in [-0.4, -0.2) is 65.9 Å². The van der Waals surface area contributed by atoms with Crippen LogP contribution in [0.4, 0.5) is 0 Å². The summed E-state index contributed by atoms with van der Waals surface area (Å²) in [7, 11) is 0. The summed E-state index contributed by atoms with van der Waals surface area (Å²) in [5.41, 5.74) is 5.38. The van der Waals surface area contributed by atoms with Gasteiger partial charge < -0.3 is 16.0 Å². The number of piperazine rings is 1. The number of hydrogen-bond donors (Lipinski definition) is 2. The number of carbonyl (C=O) groups excluding carboxylic acids is 2. The van der Waals surface area contributed by atoms with E-state index in [0.29, 0.717) is 32.1 Å². The molecule has 0 radical (unpaired) electrons. The Kier molecular flexibility index (Phi) is 9.17. The number of nitrogens with one attached hydrogen (secondary N) is 1. The van der Waals surface area contributed by atoms with Crippen molar-refractivity contribution in [3.8, 4) is 0 Å². The SMILES string of the molecule is CCCC(C)(N)C(=O)N1CCN(CC(=O)NC2CCCCC2)CC1.Cl. The van der Waals surface area contributed by atoms with E-state index in [0.717, 1.165) is 32.4 Å². The molecular formula is C18H35ClN4O2. The van der Waals surface area contributed by atoms with Gasteiger partial charge in [-0.15, -0.1) is 12.4 Å². The van der Waals surface area contributed by atoms with E-state index in [1.54, 1.807) is 0 Å². The molecule has 0 aromatic carbocycles. The molecule has 146 valence electrons. The Labute approximate surface area is 158 Å². The molecule has 6 nitrogen and oxygen atoms in total. The summed E-state index contributed by atoms with van der Waals surface area (Å²) in [4.78, 5) is 28.7. The van der Waals surface area contributed by atoms with Crippen LogP contribution < -0.4 is 11.1 Å². The standard InChI is InChI=1S/C18H34N4O2.ClH/c1-3-9-18(2,19)17(24)22-12-10-21(11-13-22)14-16(23)20-15-7-5-4-6-8-15;/h15H,3-14,19H2,1-2H3,(H,20,23);1H. The molecule has 0 aromatic rings. The van der Waals surface area contributed by atoms with Crippen molar-refractivity contribution >= 4 is 24.2 Å². The van der Waals surface area contributed by atoms with Crippen LogP contribution in [0.3, 0.4) is 0 Å². The molecule has 7 heteroatoms. The Morgan fingerprint density at radius 3 is 2.28 bits per heavy atom. The first-order chi connectivity index (χ1) is 11.4. The Balaban J connectivity index is 0.00000312. The van der Waals surface area contributed by atoms with Crippen LogP contribution >= 0.6 is 12.4 Å². The van der Waals surface area contributed by atoms with E-state index in [2.05, 4.69) is 10.2 Å². The van der Waals surface area contributed by atoms with Crippen molar-refractivity contribution in [1.82, 2.24) is 15.1 Å². The maximum absolute atomic E-state index is 12.5. The van der Waals surface area contributed by atoms with E-state index >= 15 is 0 Å². The summed E-state index contributed by atoms with van der Waals surface area (Å²) in [5, 5.41) is 3.16. The summed E-state index contributed by atoms with van der Waals surface area (Å²) in [6, 6.07) is 0.362. The van der Waals surface area contributed by atoms with Gasteiger partial charge in [-0.1, -0.05) is 32.6 Å². The van der Waals surface area contributed by atoms with Gasteiger partial charge >= 0.3 is 0 Å². The molecule has 0 spiro atoms. The molecule has 2 aliphatic rings. The van der Waals surface area contributed by atoms with Crippen molar-refractivity contribution in [2.45, 2.75) is 70.4 Å². The molecule has 2 amide bonds. The summed E-state index contributed by atoms with van der Waals surface area (Å²) in [6.07, 6.45) is 7.57. The highest BCUT2D eigenvalue weighted by Crippen LogP contribution is 2.17. The van der Waals surface area contributed by atoms with Gasteiger partial charge in [0.05, 0.1) is 12.1 Å². The van der Waals surface area contributed by atoms with E-state index in [4.69, 9.17) is 5.73 Å². The predicted octanol–water partition coefficient (Wildman–Crippen LogP) is 1.52. The second kappa shape index (κ2) is 10.3. The van der Waals surface area contributed by atoms with E-state index in [1.165, 1.54) is 19.3 Å². The zero-order chi connectivity index (χ0) is 17.6. The van der Waals surface area contributed by atoms with Crippen molar-refractivity contribution in [2.75, 3.05) is 32.7 Å². The minimum atomic E-state index is -0.769. The summed E-state index contributed by atoms with van der Waals surface area (Å²) in [5.74, 6) is 0.159. The molecule has 1 unspecified atom stereocenters. The molecule has 1 aliphatic carbocycles. The molecule has 2 fully saturated rings. The summed E-state index contributed by atoms with van der Waals surface area (Å²) >= 11 is 0. The highest BCUT2D eigenvalue weighted by molar-refractivity contribution is 5.86. The molecule has 1 atom stereocenters. The van der Waals surface area contributed by atoms with Crippen LogP contribution in [0.2, 0.25) is 0 Å². The first-order valence-electron chi connectivity index (χ1n) is 9.52. The number of amides is 2. The van der Waals surface area contributed by atoms with E-state index in [-0.39, 0.29) is 24.2 Å². The van der Waals surface area contributed by atoms with Crippen molar-refractivity contribution in [3.63, 3.8) is 0 Å². The van der Waals surface area contributed by atoms with Crippen LogP contribution in [0.15, 0.2) is 0 Å². The Hall–Kier alpha value is -0.850. The van der Waals surface area contributed by atoms with Gasteiger partial charge in [0.2, 0.25) is 11.8 Å². The lowest BCUT2D eigenvalue weighted by Crippen LogP contribution is -2.59. The maximum atomic E-state index is 12.5. The molecule has 2 rings (SSSR count). The fourth-order valence-corrected chi connectivity index (χ4v) is 3.82. The van der Waals surface area contributed by atoms with Gasteiger partial charge in [0.1, 0.15) is 0 Å². The lowest BCUT2D eigenvalue weighted by molar-refractivity contribution is -0.138. The fraction of sp³-hybridized carbons (Fsp3) is 0.889. The largest absolute Gasteiger partial charge is 0.352 e. The zero-order valence-corrected chi connectivity index (χ0v) is 16.6. The van der Waals surface area contributed by atoms with Crippen LogP contribution in [-0.2, 0) is 9.59 Å². The minimum Gasteiger partial charge on any atom is -0.352 e. The number of carbonyl (C=O) groups is 2. The lowest BCUT2D eigenvalue weighted by Gasteiger charge is -2.38. The molecule has 1 saturated carbocycles. The molecule has 1 saturated heterocycles. The van der Waals surface area contributed by atoms with Crippen LogP contribution in [0.1, 0.15) is 58.8 Å². The molecular weight excluding hydrogens is 340 g/mol. The van der Waals surface area contributed by atoms with Gasteiger partial charge in [0, 0.05) is 32.2 Å². The normalized spacial score (nSPS) is 22.0. The molecule has 3 N–H and O–H groups in total. The van der Waals surface area contributed by atoms with Gasteiger partial charge in [0.15, 0.2) is 0 Å². The van der Waals surface area contributed by atoms with E-state index in [1.807, 2.05) is 18.7 Å². The van der Waals surface area contributed by atoms with Gasteiger partial charge in [-0.05, 0) is 26.2 Å². The Bertz CT molecular complexity index is 431. The van der Waals surface area contributed by atoms with E-state index < -0.39 is 5.54 Å². The third-order valence-corrected chi connectivity index (χ3v) is 5.25. The number of halogens is 1. The predicted molar refractivity (Wildman–Crippen MR) is 103 cm³/mol. The van der Waals surface area contributed by atoms with Crippen molar-refractivity contribution in [1.29, 1.82) is 0 Å². The van der Waals surface area contributed by atoms with Crippen molar-refractivity contribution in [3.05, 3.63) is 0 Å². The maximum Gasteiger partial charge on any atom is 0.242 e. The van der Waals surface area contributed by atoms with Gasteiger partial charge in [-0.3, -0.25) is 14.5 Å². The quantitative estimate of drug-likeness (QED) is 0.738. The third kappa shape index (κ3) is 6.76. The summed E-state index contributed by atoms with van der Waals surface area (Å²) < 4.78 is 0. The van der Waals surface area contributed by atoms with Gasteiger partial charge in [-0.25, -0.2) is 0 Å².